The lowest BCUT2D eigenvalue weighted by atomic mass is 10.1. The van der Waals surface area contributed by atoms with Crippen molar-refractivity contribution < 1.29 is 14.3 Å². The van der Waals surface area contributed by atoms with Gasteiger partial charge in [-0.25, -0.2) is 0 Å². The summed E-state index contributed by atoms with van der Waals surface area (Å²) in [6.45, 7) is 0. The molecule has 1 aliphatic carbocycles. The van der Waals surface area contributed by atoms with E-state index >= 15 is 0 Å². The number of para-hydroxylation sites is 2. The van der Waals surface area contributed by atoms with Gasteiger partial charge in [0.1, 0.15) is 5.75 Å². The molecule has 0 unspecified atom stereocenters. The summed E-state index contributed by atoms with van der Waals surface area (Å²) in [4.78, 5) is 24.5. The Hall–Kier alpha value is -2.82. The Balaban J connectivity index is 1.75. The van der Waals surface area contributed by atoms with Gasteiger partial charge in [0.05, 0.1) is 12.8 Å². The number of hydrogen-bond donors (Lipinski definition) is 2. The van der Waals surface area contributed by atoms with Gasteiger partial charge < -0.3 is 15.4 Å². The third-order valence-electron chi connectivity index (χ3n) is 3.65. The van der Waals surface area contributed by atoms with E-state index in [1.165, 1.54) is 0 Å². The van der Waals surface area contributed by atoms with E-state index in [9.17, 15) is 9.59 Å². The molecule has 2 aromatic carbocycles. The highest BCUT2D eigenvalue weighted by Crippen LogP contribution is 2.24. The molecule has 0 aliphatic heterocycles. The standard InChI is InChI=1S/C18H18N2O3/c1-23-16-8-3-2-7-15(16)20-18(22)13-6-4-5-12(11-13)17(21)19-14-9-10-14/h2-8,11,14H,9-10H2,1H3,(H,19,21)(H,20,22). The highest BCUT2D eigenvalue weighted by Gasteiger charge is 2.24. The van der Waals surface area contributed by atoms with Crippen LogP contribution in [0.15, 0.2) is 48.5 Å². The molecule has 0 heterocycles. The maximum atomic E-state index is 12.4. The first-order valence-corrected chi connectivity index (χ1v) is 7.52. The van der Waals surface area contributed by atoms with E-state index in [0.29, 0.717) is 22.6 Å². The molecule has 5 heteroatoms. The first-order chi connectivity index (χ1) is 11.2. The molecule has 118 valence electrons. The zero-order valence-electron chi connectivity index (χ0n) is 12.8. The number of hydrogen-bond acceptors (Lipinski definition) is 3. The number of benzene rings is 2. The second kappa shape index (κ2) is 6.52. The number of anilines is 1. The number of nitrogens with one attached hydrogen (secondary N) is 2. The van der Waals surface area contributed by atoms with Crippen LogP contribution in [0.2, 0.25) is 0 Å². The first kappa shape index (κ1) is 15.1. The van der Waals surface area contributed by atoms with Crippen LogP contribution in [0.4, 0.5) is 5.69 Å². The number of methoxy groups -OCH3 is 1. The lowest BCUT2D eigenvalue weighted by molar-refractivity contribution is 0.0951. The van der Waals surface area contributed by atoms with Gasteiger partial charge in [-0.1, -0.05) is 18.2 Å². The van der Waals surface area contributed by atoms with E-state index < -0.39 is 0 Å². The monoisotopic (exact) mass is 310 g/mol. The van der Waals surface area contributed by atoms with Crippen molar-refractivity contribution in [3.8, 4) is 5.75 Å². The molecule has 23 heavy (non-hydrogen) atoms. The molecule has 3 rings (SSSR count). The van der Waals surface area contributed by atoms with Crippen LogP contribution in [-0.2, 0) is 0 Å². The summed E-state index contributed by atoms with van der Waals surface area (Å²) >= 11 is 0. The van der Waals surface area contributed by atoms with Gasteiger partial charge in [-0.3, -0.25) is 9.59 Å². The molecule has 5 nitrogen and oxygen atoms in total. The maximum absolute atomic E-state index is 12.4. The molecule has 1 saturated carbocycles. The van der Waals surface area contributed by atoms with Crippen molar-refractivity contribution in [3.63, 3.8) is 0 Å². The third-order valence-corrected chi connectivity index (χ3v) is 3.65. The van der Waals surface area contributed by atoms with Gasteiger partial charge in [-0.2, -0.15) is 0 Å². The van der Waals surface area contributed by atoms with Gasteiger partial charge in [0.25, 0.3) is 11.8 Å². The number of carbonyl (C=O) groups is 2. The minimum Gasteiger partial charge on any atom is -0.495 e. The molecule has 1 fully saturated rings. The van der Waals surface area contributed by atoms with Crippen LogP contribution in [-0.4, -0.2) is 25.0 Å². The maximum Gasteiger partial charge on any atom is 0.255 e. The fourth-order valence-corrected chi connectivity index (χ4v) is 2.24. The van der Waals surface area contributed by atoms with Crippen LogP contribution in [0.1, 0.15) is 33.6 Å². The normalized spacial score (nSPS) is 13.3. The molecule has 2 amide bonds. The quantitative estimate of drug-likeness (QED) is 0.892. The van der Waals surface area contributed by atoms with Crippen molar-refractivity contribution in [3.05, 3.63) is 59.7 Å². The zero-order valence-corrected chi connectivity index (χ0v) is 12.8. The topological polar surface area (TPSA) is 67.4 Å². The SMILES string of the molecule is COc1ccccc1NC(=O)c1cccc(C(=O)NC2CC2)c1. The highest BCUT2D eigenvalue weighted by molar-refractivity contribution is 6.06. The van der Waals surface area contributed by atoms with E-state index in [0.717, 1.165) is 12.8 Å². The molecule has 2 aromatic rings. The Morgan fingerprint density at radius 1 is 1.00 bits per heavy atom. The van der Waals surface area contributed by atoms with Gasteiger partial charge >= 0.3 is 0 Å². The van der Waals surface area contributed by atoms with Crippen LogP contribution in [0.25, 0.3) is 0 Å². The van der Waals surface area contributed by atoms with Crippen molar-refractivity contribution in [2.24, 2.45) is 0 Å². The Kier molecular flexibility index (Phi) is 4.28. The van der Waals surface area contributed by atoms with Crippen LogP contribution in [0.5, 0.6) is 5.75 Å². The fraction of sp³-hybridized carbons (Fsp3) is 0.222. The van der Waals surface area contributed by atoms with Crippen LogP contribution >= 0.6 is 0 Å². The Labute approximate surface area is 134 Å². The minimum absolute atomic E-state index is 0.139. The number of ether oxygens (including phenoxy) is 1. The second-order valence-electron chi connectivity index (χ2n) is 5.48. The fourth-order valence-electron chi connectivity index (χ4n) is 2.24. The Morgan fingerprint density at radius 3 is 2.39 bits per heavy atom. The van der Waals surface area contributed by atoms with Crippen LogP contribution < -0.4 is 15.4 Å². The van der Waals surface area contributed by atoms with E-state index in [2.05, 4.69) is 10.6 Å². The molecule has 0 spiro atoms. The summed E-state index contributed by atoms with van der Waals surface area (Å²) in [6, 6.07) is 14.2. The molecular formula is C18H18N2O3. The Bertz CT molecular complexity index is 739. The predicted molar refractivity (Wildman–Crippen MR) is 87.9 cm³/mol. The summed E-state index contributed by atoms with van der Waals surface area (Å²) in [6.07, 6.45) is 2.05. The van der Waals surface area contributed by atoms with Crippen molar-refractivity contribution in [1.82, 2.24) is 5.32 Å². The van der Waals surface area contributed by atoms with Crippen molar-refractivity contribution >= 4 is 17.5 Å². The van der Waals surface area contributed by atoms with Gasteiger partial charge in [0, 0.05) is 17.2 Å². The molecule has 0 atom stereocenters. The van der Waals surface area contributed by atoms with Crippen LogP contribution in [0.3, 0.4) is 0 Å². The van der Waals surface area contributed by atoms with Crippen molar-refractivity contribution in [1.29, 1.82) is 0 Å². The first-order valence-electron chi connectivity index (χ1n) is 7.52. The smallest absolute Gasteiger partial charge is 0.255 e. The molecule has 0 saturated heterocycles. The summed E-state index contributed by atoms with van der Waals surface area (Å²) in [5.74, 6) is 0.165. The largest absolute Gasteiger partial charge is 0.495 e. The predicted octanol–water partition coefficient (Wildman–Crippen LogP) is 2.84. The molecule has 2 N–H and O–H groups in total. The summed E-state index contributed by atoms with van der Waals surface area (Å²) < 4.78 is 5.22. The average molecular weight is 310 g/mol. The molecule has 0 bridgehead atoms. The summed E-state index contributed by atoms with van der Waals surface area (Å²) in [5, 5.41) is 5.71. The third kappa shape index (κ3) is 3.69. The summed E-state index contributed by atoms with van der Waals surface area (Å²) in [7, 11) is 1.55. The van der Waals surface area contributed by atoms with Gasteiger partial charge in [0.15, 0.2) is 0 Å². The molecule has 0 aromatic heterocycles. The van der Waals surface area contributed by atoms with Gasteiger partial charge in [-0.05, 0) is 43.2 Å². The average Bonchev–Trinajstić information content (AvgIpc) is 3.39. The van der Waals surface area contributed by atoms with Gasteiger partial charge in [0.2, 0.25) is 0 Å². The van der Waals surface area contributed by atoms with E-state index in [4.69, 9.17) is 4.74 Å². The second-order valence-corrected chi connectivity index (χ2v) is 5.48. The number of amides is 2. The van der Waals surface area contributed by atoms with Gasteiger partial charge in [-0.15, -0.1) is 0 Å². The number of carbonyl (C=O) groups excluding carboxylic acids is 2. The van der Waals surface area contributed by atoms with E-state index in [-0.39, 0.29) is 17.9 Å². The lowest BCUT2D eigenvalue weighted by Gasteiger charge is -2.10. The molecule has 0 radical (unpaired) electrons. The highest BCUT2D eigenvalue weighted by atomic mass is 16.5. The molecule has 1 aliphatic rings. The zero-order chi connectivity index (χ0) is 16.2. The minimum atomic E-state index is -0.282. The summed E-state index contributed by atoms with van der Waals surface area (Å²) in [5.41, 5.74) is 1.51. The van der Waals surface area contributed by atoms with Crippen LogP contribution in [0, 0.1) is 0 Å². The lowest BCUT2D eigenvalue weighted by Crippen LogP contribution is -2.25. The van der Waals surface area contributed by atoms with E-state index in [1.54, 1.807) is 43.5 Å². The Morgan fingerprint density at radius 2 is 1.70 bits per heavy atom. The number of rotatable bonds is 5. The van der Waals surface area contributed by atoms with Crippen molar-refractivity contribution in [2.45, 2.75) is 18.9 Å². The van der Waals surface area contributed by atoms with E-state index in [1.807, 2.05) is 12.1 Å². The van der Waals surface area contributed by atoms with Crippen molar-refractivity contribution in [2.75, 3.05) is 12.4 Å². The molecular weight excluding hydrogens is 292 g/mol.